The summed E-state index contributed by atoms with van der Waals surface area (Å²) in [5.41, 5.74) is -0.261. The predicted octanol–water partition coefficient (Wildman–Crippen LogP) is 1.56. The summed E-state index contributed by atoms with van der Waals surface area (Å²) in [6.07, 6.45) is 1.22. The molecular weight excluding hydrogens is 280 g/mol. The van der Waals surface area contributed by atoms with E-state index in [1.165, 1.54) is 32.9 Å². The fraction of sp³-hybridized carbons (Fsp3) is 0.357. The van der Waals surface area contributed by atoms with Crippen LogP contribution in [0.4, 0.5) is 0 Å². The van der Waals surface area contributed by atoms with E-state index in [9.17, 15) is 14.4 Å². The van der Waals surface area contributed by atoms with Crippen molar-refractivity contribution in [1.29, 1.82) is 0 Å². The fourth-order valence-corrected chi connectivity index (χ4v) is 1.64. The van der Waals surface area contributed by atoms with E-state index in [-0.39, 0.29) is 17.9 Å². The maximum absolute atomic E-state index is 11.7. The minimum absolute atomic E-state index is 0.0274. The smallest absolute Gasteiger partial charge is 0.348 e. The number of carbonyl (C=O) groups excluding carboxylic acids is 3. The average molecular weight is 294 g/mol. The minimum Gasteiger partial charge on any atom is -0.458 e. The third-order valence-corrected chi connectivity index (χ3v) is 2.50. The van der Waals surface area contributed by atoms with Gasteiger partial charge in [-0.1, -0.05) is 0 Å². The van der Waals surface area contributed by atoms with Gasteiger partial charge in [0.15, 0.2) is 0 Å². The van der Waals surface area contributed by atoms with E-state index in [1.807, 2.05) is 0 Å². The van der Waals surface area contributed by atoms with Gasteiger partial charge in [-0.25, -0.2) is 9.59 Å². The molecular formula is C14H14O7. The molecule has 21 heavy (non-hydrogen) atoms. The summed E-state index contributed by atoms with van der Waals surface area (Å²) in [6.45, 7) is 4.18. The van der Waals surface area contributed by atoms with E-state index in [2.05, 4.69) is 0 Å². The van der Waals surface area contributed by atoms with Gasteiger partial charge in [-0.05, 0) is 12.1 Å². The van der Waals surface area contributed by atoms with Crippen molar-refractivity contribution in [3.05, 3.63) is 29.2 Å². The second-order valence-electron chi connectivity index (χ2n) is 4.82. The zero-order chi connectivity index (χ0) is 15.6. The summed E-state index contributed by atoms with van der Waals surface area (Å²) < 4.78 is 20.0. The molecule has 1 fully saturated rings. The minimum atomic E-state index is -1.28. The Morgan fingerprint density at radius 3 is 2.43 bits per heavy atom. The molecule has 0 N–H and O–H groups in total. The summed E-state index contributed by atoms with van der Waals surface area (Å²) in [5, 5.41) is 0. The molecule has 0 spiro atoms. The molecule has 1 aliphatic rings. The summed E-state index contributed by atoms with van der Waals surface area (Å²) in [5.74, 6) is -2.65. The van der Waals surface area contributed by atoms with Crippen LogP contribution >= 0.6 is 0 Å². The van der Waals surface area contributed by atoms with Crippen LogP contribution < -0.4 is 0 Å². The van der Waals surface area contributed by atoms with Gasteiger partial charge in [0.1, 0.15) is 23.7 Å². The molecule has 2 rings (SSSR count). The quantitative estimate of drug-likeness (QED) is 0.474. The monoisotopic (exact) mass is 294 g/mol. The fourth-order valence-electron chi connectivity index (χ4n) is 1.64. The molecule has 0 aromatic carbocycles. The highest BCUT2D eigenvalue weighted by Gasteiger charge is 2.39. The Bertz CT molecular complexity index is 599. The molecule has 0 atom stereocenters. The van der Waals surface area contributed by atoms with Crippen molar-refractivity contribution in [2.75, 3.05) is 0 Å². The Labute approximate surface area is 120 Å². The van der Waals surface area contributed by atoms with Crippen LogP contribution in [-0.2, 0) is 35.2 Å². The number of hydrogen-bond donors (Lipinski definition) is 0. The van der Waals surface area contributed by atoms with Crippen LogP contribution in [0.25, 0.3) is 6.08 Å². The Balaban J connectivity index is 2.14. The molecule has 0 unspecified atom stereocenters. The molecule has 0 amide bonds. The van der Waals surface area contributed by atoms with Gasteiger partial charge in [0.2, 0.25) is 0 Å². The van der Waals surface area contributed by atoms with Crippen molar-refractivity contribution in [2.24, 2.45) is 0 Å². The number of furan rings is 1. The number of hydrogen-bond acceptors (Lipinski definition) is 7. The lowest BCUT2D eigenvalue weighted by atomic mass is 10.2. The van der Waals surface area contributed by atoms with Crippen LogP contribution in [0, 0.1) is 0 Å². The van der Waals surface area contributed by atoms with Gasteiger partial charge in [0, 0.05) is 26.8 Å². The molecule has 0 bridgehead atoms. The normalized spacial score (nSPS) is 17.0. The van der Waals surface area contributed by atoms with Gasteiger partial charge in [-0.2, -0.15) is 0 Å². The molecule has 1 aromatic heterocycles. The molecule has 2 heterocycles. The molecule has 1 saturated heterocycles. The standard InChI is InChI=1S/C14H14O7/c1-8(15)18-7-10-5-4-9(19-10)6-11-12(16)20-14(2,3)21-13(11)17/h4-6H,7H2,1-3H3. The molecule has 0 radical (unpaired) electrons. The van der Waals surface area contributed by atoms with E-state index in [1.54, 1.807) is 6.07 Å². The molecule has 7 nitrogen and oxygen atoms in total. The van der Waals surface area contributed by atoms with Crippen molar-refractivity contribution in [1.82, 2.24) is 0 Å². The maximum Gasteiger partial charge on any atom is 0.348 e. The van der Waals surface area contributed by atoms with Gasteiger partial charge < -0.3 is 18.6 Å². The van der Waals surface area contributed by atoms with Gasteiger partial charge in [0.25, 0.3) is 5.79 Å². The summed E-state index contributed by atoms with van der Waals surface area (Å²) >= 11 is 0. The molecule has 7 heteroatoms. The molecule has 1 aliphatic heterocycles. The van der Waals surface area contributed by atoms with Crippen LogP contribution in [0.1, 0.15) is 32.3 Å². The summed E-state index contributed by atoms with van der Waals surface area (Å²) in [4.78, 5) is 34.2. The average Bonchev–Trinajstić information content (AvgIpc) is 2.78. The summed E-state index contributed by atoms with van der Waals surface area (Å²) in [6, 6.07) is 3.10. The van der Waals surface area contributed by atoms with Crippen molar-refractivity contribution in [3.63, 3.8) is 0 Å². The van der Waals surface area contributed by atoms with Crippen molar-refractivity contribution in [2.45, 2.75) is 33.2 Å². The zero-order valence-corrected chi connectivity index (χ0v) is 11.8. The van der Waals surface area contributed by atoms with E-state index < -0.39 is 23.7 Å². The topological polar surface area (TPSA) is 92.0 Å². The second-order valence-corrected chi connectivity index (χ2v) is 4.82. The highest BCUT2D eigenvalue weighted by atomic mass is 16.7. The van der Waals surface area contributed by atoms with E-state index in [0.717, 1.165) is 0 Å². The first-order valence-corrected chi connectivity index (χ1v) is 6.17. The Morgan fingerprint density at radius 1 is 1.24 bits per heavy atom. The highest BCUT2D eigenvalue weighted by molar-refractivity contribution is 6.18. The molecule has 0 aliphatic carbocycles. The summed E-state index contributed by atoms with van der Waals surface area (Å²) in [7, 11) is 0. The predicted molar refractivity (Wildman–Crippen MR) is 68.4 cm³/mol. The van der Waals surface area contributed by atoms with E-state index >= 15 is 0 Å². The lowest BCUT2D eigenvalue weighted by molar-refractivity contribution is -0.222. The van der Waals surface area contributed by atoms with Crippen LogP contribution in [-0.4, -0.2) is 23.7 Å². The van der Waals surface area contributed by atoms with Gasteiger partial charge in [-0.3, -0.25) is 4.79 Å². The van der Waals surface area contributed by atoms with Gasteiger partial charge in [-0.15, -0.1) is 0 Å². The highest BCUT2D eigenvalue weighted by Crippen LogP contribution is 2.24. The Morgan fingerprint density at radius 2 is 1.86 bits per heavy atom. The van der Waals surface area contributed by atoms with Crippen molar-refractivity contribution < 1.29 is 33.0 Å². The second kappa shape index (κ2) is 5.43. The van der Waals surface area contributed by atoms with E-state index in [4.69, 9.17) is 18.6 Å². The van der Waals surface area contributed by atoms with Crippen molar-refractivity contribution >= 4 is 24.0 Å². The first kappa shape index (κ1) is 14.8. The van der Waals surface area contributed by atoms with Crippen molar-refractivity contribution in [3.8, 4) is 0 Å². The first-order valence-electron chi connectivity index (χ1n) is 6.17. The number of carbonyl (C=O) groups is 3. The number of esters is 3. The third kappa shape index (κ3) is 3.71. The lowest BCUT2D eigenvalue weighted by Gasteiger charge is -2.29. The Kier molecular flexibility index (Phi) is 3.84. The number of rotatable bonds is 3. The zero-order valence-electron chi connectivity index (χ0n) is 11.8. The van der Waals surface area contributed by atoms with Crippen LogP contribution in [0.5, 0.6) is 0 Å². The number of cyclic esters (lactones) is 2. The molecule has 0 saturated carbocycles. The van der Waals surface area contributed by atoms with Gasteiger partial charge >= 0.3 is 17.9 Å². The Hall–Kier alpha value is -2.57. The van der Waals surface area contributed by atoms with Gasteiger partial charge in [0.05, 0.1) is 0 Å². The SMILES string of the molecule is CC(=O)OCc1ccc(C=C2C(=O)OC(C)(C)OC2=O)o1. The molecule has 112 valence electrons. The van der Waals surface area contributed by atoms with Crippen LogP contribution in [0.2, 0.25) is 0 Å². The van der Waals surface area contributed by atoms with Crippen LogP contribution in [0.15, 0.2) is 22.1 Å². The molecule has 1 aromatic rings. The lowest BCUT2D eigenvalue weighted by Crippen LogP contribution is -2.41. The largest absolute Gasteiger partial charge is 0.458 e. The third-order valence-electron chi connectivity index (χ3n) is 2.50. The maximum atomic E-state index is 11.7. The number of ether oxygens (including phenoxy) is 3. The first-order chi connectivity index (χ1) is 9.77. The van der Waals surface area contributed by atoms with Crippen LogP contribution in [0.3, 0.4) is 0 Å². The van der Waals surface area contributed by atoms with E-state index in [0.29, 0.717) is 5.76 Å².